The first-order valence-corrected chi connectivity index (χ1v) is 5.64. The monoisotopic (exact) mass is 243 g/mol. The van der Waals surface area contributed by atoms with E-state index >= 15 is 0 Å². The van der Waals surface area contributed by atoms with Crippen molar-refractivity contribution in [1.82, 2.24) is 15.0 Å². The van der Waals surface area contributed by atoms with Gasteiger partial charge in [0.2, 0.25) is 0 Å². The lowest BCUT2D eigenvalue weighted by molar-refractivity contribution is 0.522. The molecule has 4 nitrogen and oxygen atoms in total. The molecular formula is C12H8ClN4. The van der Waals surface area contributed by atoms with Gasteiger partial charge in [-0.15, -0.1) is 5.10 Å². The molecule has 1 saturated carbocycles. The second kappa shape index (κ2) is 3.57. The Morgan fingerprint density at radius 1 is 1.35 bits per heavy atom. The van der Waals surface area contributed by atoms with Gasteiger partial charge in [-0.1, -0.05) is 28.9 Å². The van der Waals surface area contributed by atoms with Crippen molar-refractivity contribution in [2.45, 2.75) is 18.4 Å². The summed E-state index contributed by atoms with van der Waals surface area (Å²) in [4.78, 5) is 0. The van der Waals surface area contributed by atoms with Crippen molar-refractivity contribution in [3.05, 3.63) is 35.5 Å². The molecular weight excluding hydrogens is 236 g/mol. The molecule has 0 unspecified atom stereocenters. The van der Waals surface area contributed by atoms with Gasteiger partial charge in [-0.05, 0) is 25.0 Å². The summed E-state index contributed by atoms with van der Waals surface area (Å²) in [5.41, 5.74) is 1.14. The zero-order valence-corrected chi connectivity index (χ0v) is 9.65. The number of halogens is 1. The summed E-state index contributed by atoms with van der Waals surface area (Å²) in [6.07, 6.45) is 4.47. The van der Waals surface area contributed by atoms with E-state index in [1.807, 2.05) is 12.1 Å². The van der Waals surface area contributed by atoms with Crippen molar-refractivity contribution in [1.29, 1.82) is 5.26 Å². The van der Waals surface area contributed by atoms with Gasteiger partial charge in [-0.2, -0.15) is 5.26 Å². The molecule has 0 amide bonds. The van der Waals surface area contributed by atoms with Crippen LogP contribution in [-0.2, 0) is 5.54 Å². The normalized spacial score (nSPS) is 16.5. The average molecular weight is 244 g/mol. The lowest BCUT2D eigenvalue weighted by atomic mass is 10.1. The van der Waals surface area contributed by atoms with E-state index in [1.165, 1.54) is 0 Å². The second-order valence-corrected chi connectivity index (χ2v) is 4.55. The van der Waals surface area contributed by atoms with Crippen molar-refractivity contribution >= 4 is 11.6 Å². The van der Waals surface area contributed by atoms with Gasteiger partial charge in [0.25, 0.3) is 0 Å². The van der Waals surface area contributed by atoms with Crippen molar-refractivity contribution in [3.8, 4) is 17.3 Å². The molecule has 83 valence electrons. The molecule has 0 spiro atoms. The lowest BCUT2D eigenvalue weighted by Gasteiger charge is -2.09. The highest BCUT2D eigenvalue weighted by Gasteiger charge is 2.47. The molecule has 1 aromatic carbocycles. The standard InChI is InChI=1S/C12H8ClN4/c13-10-3-1-9(2-4-10)11-7-15-16-17(11)12(8-14)5-6-12/h1-4H,5-6H2. The maximum Gasteiger partial charge on any atom is 0.151 e. The largest absolute Gasteiger partial charge is 0.224 e. The molecule has 1 aromatic heterocycles. The topological polar surface area (TPSA) is 54.5 Å². The first kappa shape index (κ1) is 10.3. The Labute approximate surface area is 103 Å². The highest BCUT2D eigenvalue weighted by atomic mass is 35.5. The predicted molar refractivity (Wildman–Crippen MR) is 62.1 cm³/mol. The highest BCUT2D eigenvalue weighted by molar-refractivity contribution is 6.30. The quantitative estimate of drug-likeness (QED) is 0.814. The Morgan fingerprint density at radius 2 is 2.06 bits per heavy atom. The molecule has 0 atom stereocenters. The number of rotatable bonds is 2. The van der Waals surface area contributed by atoms with E-state index < -0.39 is 5.54 Å². The molecule has 17 heavy (non-hydrogen) atoms. The van der Waals surface area contributed by atoms with Crippen LogP contribution < -0.4 is 0 Å². The fraction of sp³-hybridized carbons (Fsp3) is 0.250. The van der Waals surface area contributed by atoms with E-state index in [-0.39, 0.29) is 0 Å². The van der Waals surface area contributed by atoms with Gasteiger partial charge in [0, 0.05) is 10.6 Å². The molecule has 1 heterocycles. The summed E-state index contributed by atoms with van der Waals surface area (Å²) < 4.78 is 1.66. The first-order chi connectivity index (χ1) is 8.25. The van der Waals surface area contributed by atoms with Crippen molar-refractivity contribution in [3.63, 3.8) is 0 Å². The summed E-state index contributed by atoms with van der Waals surface area (Å²) in [5.74, 6) is 0. The highest BCUT2D eigenvalue weighted by Crippen LogP contribution is 2.44. The summed E-state index contributed by atoms with van der Waals surface area (Å²) in [7, 11) is 0. The number of nitriles is 1. The molecule has 0 N–H and O–H groups in total. The zero-order valence-electron chi connectivity index (χ0n) is 8.89. The van der Waals surface area contributed by atoms with E-state index in [9.17, 15) is 5.26 Å². The minimum absolute atomic E-state index is 0.512. The molecule has 1 aliphatic rings. The third kappa shape index (κ3) is 1.60. The Kier molecular flexibility index (Phi) is 2.17. The Hall–Kier alpha value is -1.86. The Morgan fingerprint density at radius 3 is 2.65 bits per heavy atom. The molecule has 1 radical (unpaired) electrons. The van der Waals surface area contributed by atoms with E-state index in [0.29, 0.717) is 5.02 Å². The van der Waals surface area contributed by atoms with Gasteiger partial charge in [0.05, 0.1) is 6.07 Å². The van der Waals surface area contributed by atoms with Gasteiger partial charge >= 0.3 is 0 Å². The number of nitrogens with zero attached hydrogens (tertiary/aromatic N) is 4. The van der Waals surface area contributed by atoms with Crippen LogP contribution in [0, 0.1) is 17.5 Å². The minimum atomic E-state index is -0.512. The summed E-state index contributed by atoms with van der Waals surface area (Å²) in [6.45, 7) is 0. The Bertz CT molecular complexity index is 590. The van der Waals surface area contributed by atoms with Crippen LogP contribution in [0.3, 0.4) is 0 Å². The van der Waals surface area contributed by atoms with Crippen LogP contribution >= 0.6 is 11.6 Å². The molecule has 0 aliphatic heterocycles. The van der Waals surface area contributed by atoms with Crippen LogP contribution in [0.15, 0.2) is 24.3 Å². The number of aromatic nitrogens is 3. The van der Waals surface area contributed by atoms with Crippen molar-refractivity contribution in [2.75, 3.05) is 0 Å². The summed E-state index contributed by atoms with van der Waals surface area (Å²) >= 11 is 5.84. The lowest BCUT2D eigenvalue weighted by Crippen LogP contribution is -2.17. The van der Waals surface area contributed by atoms with Crippen LogP contribution in [-0.4, -0.2) is 15.0 Å². The zero-order chi connectivity index (χ0) is 11.9. The van der Waals surface area contributed by atoms with E-state index in [4.69, 9.17) is 11.6 Å². The summed E-state index contributed by atoms with van der Waals surface area (Å²) in [6, 6.07) is 9.64. The fourth-order valence-electron chi connectivity index (χ4n) is 1.79. The molecule has 0 bridgehead atoms. The van der Waals surface area contributed by atoms with Crippen LogP contribution in [0.25, 0.3) is 11.3 Å². The van der Waals surface area contributed by atoms with Crippen molar-refractivity contribution in [2.24, 2.45) is 0 Å². The maximum absolute atomic E-state index is 9.17. The number of benzene rings is 1. The van der Waals surface area contributed by atoms with E-state index in [0.717, 1.165) is 24.1 Å². The predicted octanol–water partition coefficient (Wildman–Crippen LogP) is 2.41. The Balaban J connectivity index is 2.08. The van der Waals surface area contributed by atoms with Gasteiger partial charge < -0.3 is 0 Å². The SMILES string of the molecule is N#CC1(n2nn[c]c2-c2ccc(Cl)cc2)CC1. The fourth-order valence-corrected chi connectivity index (χ4v) is 1.92. The van der Waals surface area contributed by atoms with Gasteiger partial charge in [-0.25, -0.2) is 4.68 Å². The second-order valence-electron chi connectivity index (χ2n) is 4.11. The van der Waals surface area contributed by atoms with E-state index in [1.54, 1.807) is 16.8 Å². The molecule has 1 fully saturated rings. The van der Waals surface area contributed by atoms with Crippen LogP contribution in [0.2, 0.25) is 5.02 Å². The van der Waals surface area contributed by atoms with Crippen LogP contribution in [0.4, 0.5) is 0 Å². The van der Waals surface area contributed by atoms with Gasteiger partial charge in [0.1, 0.15) is 11.9 Å². The minimum Gasteiger partial charge on any atom is -0.224 e. The molecule has 5 heteroatoms. The average Bonchev–Trinajstić information content (AvgIpc) is 3.00. The number of hydrogen-bond donors (Lipinski definition) is 0. The summed E-state index contributed by atoms with van der Waals surface area (Å²) in [5, 5.41) is 17.6. The van der Waals surface area contributed by atoms with Crippen molar-refractivity contribution < 1.29 is 0 Å². The van der Waals surface area contributed by atoms with Gasteiger partial charge in [0.15, 0.2) is 5.54 Å². The number of hydrogen-bond acceptors (Lipinski definition) is 3. The van der Waals surface area contributed by atoms with Gasteiger partial charge in [-0.3, -0.25) is 0 Å². The molecule has 0 saturated heterocycles. The smallest absolute Gasteiger partial charge is 0.151 e. The third-order valence-corrected chi connectivity index (χ3v) is 3.21. The van der Waals surface area contributed by atoms with E-state index in [2.05, 4.69) is 22.6 Å². The third-order valence-electron chi connectivity index (χ3n) is 2.96. The molecule has 2 aromatic rings. The van der Waals surface area contributed by atoms with Crippen LogP contribution in [0.5, 0.6) is 0 Å². The van der Waals surface area contributed by atoms with Crippen LogP contribution in [0.1, 0.15) is 12.8 Å². The maximum atomic E-state index is 9.17. The molecule has 3 rings (SSSR count). The first-order valence-electron chi connectivity index (χ1n) is 5.26. The molecule has 1 aliphatic carbocycles.